The number of benzene rings is 1. The quantitative estimate of drug-likeness (QED) is 0.733. The maximum absolute atomic E-state index is 8.82. The van der Waals surface area contributed by atoms with Crippen LogP contribution in [0.3, 0.4) is 0 Å². The molecule has 0 atom stereocenters. The minimum absolute atomic E-state index is 0.0984. The molecule has 0 radical (unpaired) electrons. The zero-order chi connectivity index (χ0) is 12.1. The van der Waals surface area contributed by atoms with Gasteiger partial charge in [0.25, 0.3) is 0 Å². The van der Waals surface area contributed by atoms with Gasteiger partial charge in [-0.15, -0.1) is 5.10 Å². The van der Waals surface area contributed by atoms with Gasteiger partial charge in [0, 0.05) is 5.69 Å². The molecule has 0 fully saturated rings. The standard InChI is InChI=1S/C11H14N4O2/c12-9-1-3-11(4-2-9)17-6-5-15-7-10(8-16)13-14-15/h1-4,7,16H,5-6,8,12H2. The highest BCUT2D eigenvalue weighted by Crippen LogP contribution is 2.12. The topological polar surface area (TPSA) is 86.2 Å². The second-order valence-electron chi connectivity index (χ2n) is 3.55. The highest BCUT2D eigenvalue weighted by atomic mass is 16.5. The number of anilines is 1. The number of nitrogen functional groups attached to an aromatic ring is 1. The average Bonchev–Trinajstić information content (AvgIpc) is 2.80. The first-order valence-electron chi connectivity index (χ1n) is 5.26. The summed E-state index contributed by atoms with van der Waals surface area (Å²) in [5, 5.41) is 16.4. The van der Waals surface area contributed by atoms with Gasteiger partial charge in [-0.05, 0) is 24.3 Å². The van der Waals surface area contributed by atoms with Crippen molar-refractivity contribution < 1.29 is 9.84 Å². The Kier molecular flexibility index (Phi) is 3.56. The summed E-state index contributed by atoms with van der Waals surface area (Å²) in [6.07, 6.45) is 1.69. The fourth-order valence-electron chi connectivity index (χ4n) is 1.34. The minimum atomic E-state index is -0.0984. The maximum Gasteiger partial charge on any atom is 0.119 e. The second-order valence-corrected chi connectivity index (χ2v) is 3.55. The van der Waals surface area contributed by atoms with Gasteiger partial charge in [-0.2, -0.15) is 0 Å². The highest BCUT2D eigenvalue weighted by Gasteiger charge is 1.99. The van der Waals surface area contributed by atoms with Gasteiger partial charge < -0.3 is 15.6 Å². The van der Waals surface area contributed by atoms with Gasteiger partial charge in [-0.25, -0.2) is 4.68 Å². The van der Waals surface area contributed by atoms with Crippen molar-refractivity contribution in [3.8, 4) is 5.75 Å². The van der Waals surface area contributed by atoms with E-state index in [0.29, 0.717) is 24.5 Å². The molecule has 0 bridgehead atoms. The van der Waals surface area contributed by atoms with Crippen molar-refractivity contribution in [2.75, 3.05) is 12.3 Å². The molecule has 1 heterocycles. The van der Waals surface area contributed by atoms with Crippen molar-refractivity contribution in [2.24, 2.45) is 0 Å². The molecule has 90 valence electrons. The van der Waals surface area contributed by atoms with Gasteiger partial charge >= 0.3 is 0 Å². The summed E-state index contributed by atoms with van der Waals surface area (Å²) < 4.78 is 7.13. The Bertz CT molecular complexity index is 467. The van der Waals surface area contributed by atoms with Gasteiger partial charge in [0.2, 0.25) is 0 Å². The van der Waals surface area contributed by atoms with Gasteiger partial charge in [-0.1, -0.05) is 5.21 Å². The lowest BCUT2D eigenvalue weighted by Crippen LogP contribution is -2.08. The molecule has 6 heteroatoms. The van der Waals surface area contributed by atoms with Crippen LogP contribution in [0.1, 0.15) is 5.69 Å². The van der Waals surface area contributed by atoms with Crippen LogP contribution >= 0.6 is 0 Å². The van der Waals surface area contributed by atoms with E-state index in [-0.39, 0.29) is 6.61 Å². The van der Waals surface area contributed by atoms with Crippen LogP contribution in [-0.2, 0) is 13.2 Å². The average molecular weight is 234 g/mol. The van der Waals surface area contributed by atoms with Gasteiger partial charge in [-0.3, -0.25) is 0 Å². The number of aliphatic hydroxyl groups excluding tert-OH is 1. The Labute approximate surface area is 98.6 Å². The number of nitrogens with zero attached hydrogens (tertiary/aromatic N) is 3. The Morgan fingerprint density at radius 1 is 1.29 bits per heavy atom. The lowest BCUT2D eigenvalue weighted by atomic mass is 10.3. The van der Waals surface area contributed by atoms with Crippen LogP contribution in [0.5, 0.6) is 5.75 Å². The van der Waals surface area contributed by atoms with Gasteiger partial charge in [0.15, 0.2) is 0 Å². The Morgan fingerprint density at radius 2 is 2.06 bits per heavy atom. The molecule has 0 aliphatic rings. The summed E-state index contributed by atoms with van der Waals surface area (Å²) in [5.41, 5.74) is 6.83. The highest BCUT2D eigenvalue weighted by molar-refractivity contribution is 5.41. The number of aromatic nitrogens is 3. The Balaban J connectivity index is 1.81. The molecule has 0 saturated heterocycles. The first kappa shape index (κ1) is 11.4. The largest absolute Gasteiger partial charge is 0.492 e. The van der Waals surface area contributed by atoms with E-state index >= 15 is 0 Å². The summed E-state index contributed by atoms with van der Waals surface area (Å²) >= 11 is 0. The van der Waals surface area contributed by atoms with E-state index in [2.05, 4.69) is 10.3 Å². The molecule has 17 heavy (non-hydrogen) atoms. The van der Waals surface area contributed by atoms with Crippen molar-refractivity contribution in [3.63, 3.8) is 0 Å². The number of rotatable bonds is 5. The van der Waals surface area contributed by atoms with Crippen LogP contribution in [-0.4, -0.2) is 26.7 Å². The molecule has 2 rings (SSSR count). The Hall–Kier alpha value is -2.08. The van der Waals surface area contributed by atoms with Gasteiger partial charge in [0.05, 0.1) is 19.3 Å². The summed E-state index contributed by atoms with van der Waals surface area (Å²) in [7, 11) is 0. The number of hydrogen-bond acceptors (Lipinski definition) is 5. The third-order valence-electron chi connectivity index (χ3n) is 2.22. The summed E-state index contributed by atoms with van der Waals surface area (Å²) in [6.45, 7) is 0.967. The predicted octanol–water partition coefficient (Wildman–Crippen LogP) is 0.432. The molecule has 6 nitrogen and oxygen atoms in total. The summed E-state index contributed by atoms with van der Waals surface area (Å²) in [4.78, 5) is 0. The molecular weight excluding hydrogens is 220 g/mol. The van der Waals surface area contributed by atoms with Crippen LogP contribution in [0.4, 0.5) is 5.69 Å². The van der Waals surface area contributed by atoms with Crippen LogP contribution in [0.25, 0.3) is 0 Å². The smallest absolute Gasteiger partial charge is 0.119 e. The third-order valence-corrected chi connectivity index (χ3v) is 2.22. The molecule has 0 spiro atoms. The zero-order valence-electron chi connectivity index (χ0n) is 9.28. The molecule has 0 aliphatic carbocycles. The number of ether oxygens (including phenoxy) is 1. The molecule has 1 aromatic heterocycles. The van der Waals surface area contributed by atoms with E-state index < -0.39 is 0 Å². The van der Waals surface area contributed by atoms with Crippen molar-refractivity contribution in [3.05, 3.63) is 36.2 Å². The monoisotopic (exact) mass is 234 g/mol. The second kappa shape index (κ2) is 5.31. The Morgan fingerprint density at radius 3 is 2.71 bits per heavy atom. The molecule has 3 N–H and O–H groups in total. The predicted molar refractivity (Wildman–Crippen MR) is 62.3 cm³/mol. The minimum Gasteiger partial charge on any atom is -0.492 e. The normalized spacial score (nSPS) is 10.4. The summed E-state index contributed by atoms with van der Waals surface area (Å²) in [5.74, 6) is 0.765. The van der Waals surface area contributed by atoms with Crippen LogP contribution in [0.15, 0.2) is 30.5 Å². The van der Waals surface area contributed by atoms with Gasteiger partial charge in [0.1, 0.15) is 18.1 Å². The number of nitrogens with two attached hydrogens (primary N) is 1. The molecule has 0 saturated carbocycles. The number of hydrogen-bond donors (Lipinski definition) is 2. The lowest BCUT2D eigenvalue weighted by molar-refractivity contribution is 0.276. The molecular formula is C11H14N4O2. The van der Waals surface area contributed by atoms with E-state index in [1.165, 1.54) is 0 Å². The fourth-order valence-corrected chi connectivity index (χ4v) is 1.34. The first-order chi connectivity index (χ1) is 8.28. The number of aliphatic hydroxyl groups is 1. The van der Waals surface area contributed by atoms with E-state index in [9.17, 15) is 0 Å². The summed E-state index contributed by atoms with van der Waals surface area (Å²) in [6, 6.07) is 7.20. The molecule has 1 aromatic carbocycles. The fraction of sp³-hybridized carbons (Fsp3) is 0.273. The lowest BCUT2D eigenvalue weighted by Gasteiger charge is -2.05. The van der Waals surface area contributed by atoms with Crippen molar-refractivity contribution >= 4 is 5.69 Å². The molecule has 0 amide bonds. The van der Waals surface area contributed by atoms with Crippen molar-refractivity contribution in [2.45, 2.75) is 13.2 Å². The van der Waals surface area contributed by atoms with Crippen molar-refractivity contribution in [1.82, 2.24) is 15.0 Å². The molecule has 2 aromatic rings. The molecule has 0 aliphatic heterocycles. The van der Waals surface area contributed by atoms with E-state index in [4.69, 9.17) is 15.6 Å². The SMILES string of the molecule is Nc1ccc(OCCn2cc(CO)nn2)cc1. The van der Waals surface area contributed by atoms with E-state index in [1.807, 2.05) is 12.1 Å². The third kappa shape index (κ3) is 3.18. The van der Waals surface area contributed by atoms with Crippen LogP contribution in [0.2, 0.25) is 0 Å². The zero-order valence-corrected chi connectivity index (χ0v) is 9.28. The van der Waals surface area contributed by atoms with Crippen LogP contribution < -0.4 is 10.5 Å². The van der Waals surface area contributed by atoms with E-state index in [0.717, 1.165) is 5.75 Å². The maximum atomic E-state index is 8.82. The molecule has 0 unspecified atom stereocenters. The first-order valence-corrected chi connectivity index (χ1v) is 5.26. The van der Waals surface area contributed by atoms with Crippen molar-refractivity contribution in [1.29, 1.82) is 0 Å². The van der Waals surface area contributed by atoms with Crippen LogP contribution in [0, 0.1) is 0 Å². The van der Waals surface area contributed by atoms with E-state index in [1.54, 1.807) is 23.0 Å².